The summed E-state index contributed by atoms with van der Waals surface area (Å²) >= 11 is 0. The highest BCUT2D eigenvalue weighted by molar-refractivity contribution is 7.92. The number of carbonyl (C=O) groups is 1. The van der Waals surface area contributed by atoms with Gasteiger partial charge in [-0.3, -0.25) is 9.52 Å². The molecule has 0 saturated heterocycles. The van der Waals surface area contributed by atoms with Crippen molar-refractivity contribution in [2.45, 2.75) is 25.7 Å². The fourth-order valence-corrected chi connectivity index (χ4v) is 3.65. The van der Waals surface area contributed by atoms with E-state index in [0.29, 0.717) is 35.3 Å². The zero-order valence-electron chi connectivity index (χ0n) is 17.0. The number of ketones is 1. The molecular weight excluding hydrogens is 402 g/mol. The number of nitrogens with one attached hydrogen (secondary N) is 1. The van der Waals surface area contributed by atoms with Gasteiger partial charge in [0.05, 0.1) is 17.2 Å². The summed E-state index contributed by atoms with van der Waals surface area (Å²) in [5.74, 6) is 0.743. The predicted octanol–water partition coefficient (Wildman–Crippen LogP) is 4.18. The van der Waals surface area contributed by atoms with Gasteiger partial charge in [-0.05, 0) is 43.2 Å². The van der Waals surface area contributed by atoms with Crippen LogP contribution in [-0.4, -0.2) is 31.0 Å². The van der Waals surface area contributed by atoms with Gasteiger partial charge < -0.3 is 4.74 Å². The van der Waals surface area contributed by atoms with Gasteiger partial charge in [-0.1, -0.05) is 38.1 Å². The second kappa shape index (κ2) is 9.04. The highest BCUT2D eigenvalue weighted by Gasteiger charge is 2.15. The summed E-state index contributed by atoms with van der Waals surface area (Å²) in [5.41, 5.74) is 2.33. The van der Waals surface area contributed by atoms with Crippen molar-refractivity contribution in [3.8, 4) is 17.1 Å². The first-order chi connectivity index (χ1) is 14.2. The second-order valence-electron chi connectivity index (χ2n) is 7.23. The van der Waals surface area contributed by atoms with Gasteiger partial charge in [0, 0.05) is 22.9 Å². The molecule has 7 nitrogen and oxygen atoms in total. The Morgan fingerprint density at radius 3 is 2.17 bits per heavy atom. The molecule has 156 valence electrons. The van der Waals surface area contributed by atoms with E-state index in [9.17, 15) is 13.2 Å². The Kier molecular flexibility index (Phi) is 6.47. The van der Waals surface area contributed by atoms with Gasteiger partial charge in [-0.25, -0.2) is 8.42 Å². The molecule has 0 atom stereocenters. The lowest BCUT2D eigenvalue weighted by molar-refractivity contribution is 0.101. The van der Waals surface area contributed by atoms with Gasteiger partial charge >= 0.3 is 0 Å². The molecule has 1 aromatic heterocycles. The highest BCUT2D eigenvalue weighted by atomic mass is 32.2. The van der Waals surface area contributed by atoms with Crippen molar-refractivity contribution in [2.75, 3.05) is 11.3 Å². The number of sulfonamides is 1. The Hall–Kier alpha value is -3.26. The minimum absolute atomic E-state index is 0.0828. The summed E-state index contributed by atoms with van der Waals surface area (Å²) in [6.45, 7) is 6.11. The van der Waals surface area contributed by atoms with Crippen LogP contribution in [0.5, 0.6) is 5.88 Å². The SMILES string of the molecule is CC(=O)c1ccc(S(=O)(=O)Nc2ccc(-c3ccc(OCC(C)C)nn3)cc2)cc1. The van der Waals surface area contributed by atoms with Gasteiger partial charge in [-0.15, -0.1) is 10.2 Å². The minimum Gasteiger partial charge on any atom is -0.476 e. The maximum absolute atomic E-state index is 12.6. The Bertz CT molecular complexity index is 1110. The number of hydrogen-bond acceptors (Lipinski definition) is 6. The number of anilines is 1. The number of rotatable bonds is 8. The molecule has 30 heavy (non-hydrogen) atoms. The van der Waals surface area contributed by atoms with Crippen LogP contribution in [0, 0.1) is 5.92 Å². The summed E-state index contributed by atoms with van der Waals surface area (Å²) in [5, 5.41) is 8.22. The quantitative estimate of drug-likeness (QED) is 0.544. The summed E-state index contributed by atoms with van der Waals surface area (Å²) in [4.78, 5) is 11.4. The largest absolute Gasteiger partial charge is 0.476 e. The molecule has 0 spiro atoms. The van der Waals surface area contributed by atoms with Crippen LogP contribution in [0.3, 0.4) is 0 Å². The standard InChI is InChI=1S/C22H23N3O4S/c1-15(2)14-29-22-13-12-21(23-24-22)18-4-8-19(9-5-18)25-30(27,28)20-10-6-17(7-11-20)16(3)26/h4-13,15,25H,14H2,1-3H3. The zero-order chi connectivity index (χ0) is 21.7. The smallest absolute Gasteiger partial charge is 0.261 e. The number of ether oxygens (including phenoxy) is 1. The van der Waals surface area contributed by atoms with E-state index >= 15 is 0 Å². The third-order valence-corrected chi connectivity index (χ3v) is 5.61. The number of hydrogen-bond donors (Lipinski definition) is 1. The Morgan fingerprint density at radius 2 is 1.63 bits per heavy atom. The van der Waals surface area contributed by atoms with E-state index in [-0.39, 0.29) is 10.7 Å². The van der Waals surface area contributed by atoms with E-state index < -0.39 is 10.0 Å². The highest BCUT2D eigenvalue weighted by Crippen LogP contribution is 2.22. The molecule has 0 radical (unpaired) electrons. The number of Topliss-reactive ketones (excluding diaryl/α,β-unsaturated/α-hetero) is 1. The van der Waals surface area contributed by atoms with Gasteiger partial charge in [0.15, 0.2) is 5.78 Å². The lowest BCUT2D eigenvalue weighted by Gasteiger charge is -2.10. The second-order valence-corrected chi connectivity index (χ2v) is 8.91. The van der Waals surface area contributed by atoms with Crippen LogP contribution >= 0.6 is 0 Å². The summed E-state index contributed by atoms with van der Waals surface area (Å²) in [6.07, 6.45) is 0. The van der Waals surface area contributed by atoms with E-state index in [1.807, 2.05) is 0 Å². The number of carbonyl (C=O) groups excluding carboxylic acids is 1. The van der Waals surface area contributed by atoms with E-state index in [2.05, 4.69) is 28.8 Å². The molecule has 3 aromatic rings. The van der Waals surface area contributed by atoms with E-state index in [1.54, 1.807) is 36.4 Å². The molecule has 0 bridgehead atoms. The number of nitrogens with zero attached hydrogens (tertiary/aromatic N) is 2. The van der Waals surface area contributed by atoms with Gasteiger partial charge in [0.25, 0.3) is 10.0 Å². The first kappa shape index (κ1) is 21.4. The average Bonchev–Trinajstić information content (AvgIpc) is 2.73. The van der Waals surface area contributed by atoms with Crippen molar-refractivity contribution in [1.29, 1.82) is 0 Å². The third kappa shape index (κ3) is 5.42. The lowest BCUT2D eigenvalue weighted by atomic mass is 10.1. The fourth-order valence-electron chi connectivity index (χ4n) is 2.59. The van der Waals surface area contributed by atoms with Crippen LogP contribution < -0.4 is 9.46 Å². The average molecular weight is 426 g/mol. The molecule has 0 saturated carbocycles. The van der Waals surface area contributed by atoms with Crippen molar-refractivity contribution < 1.29 is 17.9 Å². The van der Waals surface area contributed by atoms with Crippen LogP contribution in [0.1, 0.15) is 31.1 Å². The molecule has 1 heterocycles. The van der Waals surface area contributed by atoms with Gasteiger partial charge in [-0.2, -0.15) is 0 Å². The van der Waals surface area contributed by atoms with Gasteiger partial charge in [0.1, 0.15) is 0 Å². The minimum atomic E-state index is -3.76. The van der Waals surface area contributed by atoms with Crippen molar-refractivity contribution >= 4 is 21.5 Å². The summed E-state index contributed by atoms with van der Waals surface area (Å²) in [7, 11) is -3.76. The van der Waals surface area contributed by atoms with Crippen LogP contribution in [0.25, 0.3) is 11.3 Å². The summed E-state index contributed by atoms with van der Waals surface area (Å²) in [6, 6.07) is 16.2. The topological polar surface area (TPSA) is 98.2 Å². The van der Waals surface area contributed by atoms with Crippen molar-refractivity contribution in [3.05, 3.63) is 66.2 Å². The van der Waals surface area contributed by atoms with E-state index in [4.69, 9.17) is 4.74 Å². The maximum atomic E-state index is 12.6. The Morgan fingerprint density at radius 1 is 0.967 bits per heavy atom. The predicted molar refractivity (Wildman–Crippen MR) is 115 cm³/mol. The van der Waals surface area contributed by atoms with Crippen LogP contribution in [-0.2, 0) is 10.0 Å². The Balaban J connectivity index is 1.70. The molecule has 0 aliphatic heterocycles. The molecular formula is C22H23N3O4S. The van der Waals surface area contributed by atoms with E-state index in [0.717, 1.165) is 5.56 Å². The molecule has 0 aliphatic rings. The lowest BCUT2D eigenvalue weighted by Crippen LogP contribution is -2.13. The molecule has 8 heteroatoms. The number of aromatic nitrogens is 2. The Labute approximate surface area is 176 Å². The molecule has 0 fully saturated rings. The maximum Gasteiger partial charge on any atom is 0.261 e. The molecule has 3 rings (SSSR count). The first-order valence-electron chi connectivity index (χ1n) is 9.45. The van der Waals surface area contributed by atoms with Crippen molar-refractivity contribution in [2.24, 2.45) is 5.92 Å². The van der Waals surface area contributed by atoms with Crippen molar-refractivity contribution in [3.63, 3.8) is 0 Å². The third-order valence-electron chi connectivity index (χ3n) is 4.21. The normalized spacial score (nSPS) is 11.3. The van der Waals surface area contributed by atoms with Gasteiger partial charge in [0.2, 0.25) is 5.88 Å². The fraction of sp³-hybridized carbons (Fsp3) is 0.227. The van der Waals surface area contributed by atoms with E-state index in [1.165, 1.54) is 31.2 Å². The molecule has 0 amide bonds. The summed E-state index contributed by atoms with van der Waals surface area (Å²) < 4.78 is 33.2. The van der Waals surface area contributed by atoms with Crippen LogP contribution in [0.4, 0.5) is 5.69 Å². The molecule has 2 aromatic carbocycles. The molecule has 1 N–H and O–H groups in total. The monoisotopic (exact) mass is 425 g/mol. The van der Waals surface area contributed by atoms with Crippen molar-refractivity contribution in [1.82, 2.24) is 10.2 Å². The number of benzene rings is 2. The molecule has 0 aliphatic carbocycles. The molecule has 0 unspecified atom stereocenters. The first-order valence-corrected chi connectivity index (χ1v) is 10.9. The van der Waals surface area contributed by atoms with Crippen LogP contribution in [0.2, 0.25) is 0 Å². The van der Waals surface area contributed by atoms with Crippen LogP contribution in [0.15, 0.2) is 65.6 Å². The zero-order valence-corrected chi connectivity index (χ0v) is 17.8.